The van der Waals surface area contributed by atoms with Gasteiger partial charge in [-0.25, -0.2) is 0 Å². The summed E-state index contributed by atoms with van der Waals surface area (Å²) in [6.07, 6.45) is 0. The van der Waals surface area contributed by atoms with E-state index in [2.05, 4.69) is 5.32 Å². The van der Waals surface area contributed by atoms with Crippen molar-refractivity contribution in [2.24, 2.45) is 0 Å². The van der Waals surface area contributed by atoms with Crippen molar-refractivity contribution in [3.05, 3.63) is 33.9 Å². The summed E-state index contributed by atoms with van der Waals surface area (Å²) in [5, 5.41) is 11.9. The first-order chi connectivity index (χ1) is 8.95. The van der Waals surface area contributed by atoms with Gasteiger partial charge < -0.3 is 4.74 Å². The van der Waals surface area contributed by atoms with Gasteiger partial charge in [0, 0.05) is 6.07 Å². The minimum absolute atomic E-state index is 0.0737. The van der Waals surface area contributed by atoms with Gasteiger partial charge >= 0.3 is 5.69 Å². The van der Waals surface area contributed by atoms with Gasteiger partial charge in [-0.3, -0.25) is 25.0 Å². The Balaban J connectivity index is 2.46. The lowest BCUT2D eigenvalue weighted by Crippen LogP contribution is -2.22. The number of methoxy groups -OCH3 is 1. The van der Waals surface area contributed by atoms with E-state index in [-0.39, 0.29) is 11.4 Å². The van der Waals surface area contributed by atoms with Crippen LogP contribution in [0.25, 0.3) is 0 Å². The molecule has 1 aromatic carbocycles. The van der Waals surface area contributed by atoms with Gasteiger partial charge in [-0.05, 0) is 11.6 Å². The average molecular weight is 285 g/mol. The van der Waals surface area contributed by atoms with Gasteiger partial charge in [0.2, 0.25) is 11.8 Å². The predicted molar refractivity (Wildman–Crippen MR) is 65.2 cm³/mol. The van der Waals surface area contributed by atoms with Crippen molar-refractivity contribution in [2.75, 3.05) is 7.11 Å². The molecule has 1 N–H and O–H groups in total. The summed E-state index contributed by atoms with van der Waals surface area (Å²) in [6.45, 7) is 0. The number of benzene rings is 1. The van der Waals surface area contributed by atoms with Gasteiger partial charge in [-0.1, -0.05) is 6.07 Å². The molecule has 8 heteroatoms. The number of carbonyl (C=O) groups excluding carboxylic acids is 2. The summed E-state index contributed by atoms with van der Waals surface area (Å²) in [5.41, 5.74) is 0.0202. The van der Waals surface area contributed by atoms with Crippen LogP contribution in [0.5, 0.6) is 5.75 Å². The first kappa shape index (κ1) is 13.3. The molecule has 7 nitrogen and oxygen atoms in total. The molecule has 0 saturated carbocycles. The Hall–Kier alpha value is -2.15. The van der Waals surface area contributed by atoms with Gasteiger partial charge in [-0.2, -0.15) is 0 Å². The van der Waals surface area contributed by atoms with E-state index in [1.165, 1.54) is 25.3 Å². The first-order valence-corrected chi connectivity index (χ1v) is 5.70. The number of rotatable bonds is 3. The lowest BCUT2D eigenvalue weighted by Gasteiger charge is -2.10. The number of alkyl halides is 1. The summed E-state index contributed by atoms with van der Waals surface area (Å²) in [6, 6.07) is 4.04. The quantitative estimate of drug-likeness (QED) is 0.386. The molecule has 0 radical (unpaired) electrons. The largest absolute Gasteiger partial charge is 0.490 e. The number of nitro groups is 1. The number of halogens is 1. The number of imide groups is 1. The second-order valence-corrected chi connectivity index (χ2v) is 4.39. The molecule has 0 aliphatic carbocycles. The van der Waals surface area contributed by atoms with E-state index in [0.717, 1.165) is 0 Å². The summed E-state index contributed by atoms with van der Waals surface area (Å²) in [5.74, 6) is -2.03. The molecule has 1 fully saturated rings. The summed E-state index contributed by atoms with van der Waals surface area (Å²) in [7, 11) is 1.30. The summed E-state index contributed by atoms with van der Waals surface area (Å²) < 4.78 is 4.86. The molecule has 100 valence electrons. The predicted octanol–water partition coefficient (Wildman–Crippen LogP) is 0.951. The molecule has 1 aromatic rings. The van der Waals surface area contributed by atoms with Crippen molar-refractivity contribution >= 4 is 29.1 Å². The third kappa shape index (κ3) is 2.24. The number of hydrogen-bond acceptors (Lipinski definition) is 5. The van der Waals surface area contributed by atoms with E-state index in [0.29, 0.717) is 5.56 Å². The van der Waals surface area contributed by atoms with Crippen molar-refractivity contribution in [1.82, 2.24) is 5.32 Å². The zero-order chi connectivity index (χ0) is 14.2. The van der Waals surface area contributed by atoms with Crippen LogP contribution in [0.2, 0.25) is 0 Å². The van der Waals surface area contributed by atoms with Gasteiger partial charge in [0.15, 0.2) is 5.75 Å². The molecule has 1 heterocycles. The number of ether oxygens (including phenoxy) is 1. The van der Waals surface area contributed by atoms with Gasteiger partial charge in [0.1, 0.15) is 5.38 Å². The van der Waals surface area contributed by atoms with Crippen LogP contribution in [0, 0.1) is 10.1 Å². The Morgan fingerprint density at radius 3 is 2.53 bits per heavy atom. The molecular formula is C11H9ClN2O5. The Bertz CT molecular complexity index is 574. The number of nitrogens with one attached hydrogen (secondary N) is 1. The fourth-order valence-corrected chi connectivity index (χ4v) is 2.23. The number of nitrogens with zero attached hydrogens (tertiary/aromatic N) is 1. The second-order valence-electron chi connectivity index (χ2n) is 3.92. The van der Waals surface area contributed by atoms with Crippen LogP contribution in [0.1, 0.15) is 11.5 Å². The molecule has 2 rings (SSSR count). The molecular weight excluding hydrogens is 276 g/mol. The Morgan fingerprint density at radius 2 is 2.05 bits per heavy atom. The maximum atomic E-state index is 11.6. The SMILES string of the molecule is COc1ccc(C2C(=O)NC(=O)C2Cl)cc1[N+](=O)[O-]. The minimum atomic E-state index is -1.07. The summed E-state index contributed by atoms with van der Waals surface area (Å²) in [4.78, 5) is 33.2. The topological polar surface area (TPSA) is 98.5 Å². The molecule has 0 aromatic heterocycles. The number of nitro benzene ring substituents is 1. The molecule has 0 spiro atoms. The molecule has 0 bridgehead atoms. The molecule has 1 aliphatic rings. The standard InChI is InChI=1S/C11H9ClN2O5/c1-19-7-3-2-5(4-6(7)14(17)18)8-9(12)11(16)13-10(8)15/h2-4,8-9H,1H3,(H,13,15,16). The highest BCUT2D eigenvalue weighted by atomic mass is 35.5. The van der Waals surface area contributed by atoms with E-state index in [4.69, 9.17) is 16.3 Å². The molecule has 19 heavy (non-hydrogen) atoms. The van der Waals surface area contributed by atoms with Crippen molar-refractivity contribution in [2.45, 2.75) is 11.3 Å². The lowest BCUT2D eigenvalue weighted by molar-refractivity contribution is -0.385. The number of carbonyl (C=O) groups is 2. The normalized spacial score (nSPS) is 22.2. The molecule has 1 aliphatic heterocycles. The van der Waals surface area contributed by atoms with E-state index in [1.807, 2.05) is 0 Å². The zero-order valence-electron chi connectivity index (χ0n) is 9.75. The Kier molecular flexibility index (Phi) is 3.39. The highest BCUT2D eigenvalue weighted by Gasteiger charge is 2.42. The van der Waals surface area contributed by atoms with Crippen LogP contribution in [0.15, 0.2) is 18.2 Å². The van der Waals surface area contributed by atoms with Crippen LogP contribution in [0.3, 0.4) is 0 Å². The van der Waals surface area contributed by atoms with Crippen molar-refractivity contribution in [3.8, 4) is 5.75 Å². The number of hydrogen-bond donors (Lipinski definition) is 1. The second kappa shape index (κ2) is 4.85. The van der Waals surface area contributed by atoms with Crippen LogP contribution < -0.4 is 10.1 Å². The molecule has 2 amide bonds. The van der Waals surface area contributed by atoms with Gasteiger partial charge in [-0.15, -0.1) is 11.6 Å². The Morgan fingerprint density at radius 1 is 1.37 bits per heavy atom. The monoisotopic (exact) mass is 284 g/mol. The van der Waals surface area contributed by atoms with Crippen molar-refractivity contribution in [1.29, 1.82) is 0 Å². The third-order valence-corrected chi connectivity index (χ3v) is 3.28. The van der Waals surface area contributed by atoms with Crippen molar-refractivity contribution < 1.29 is 19.2 Å². The Labute approximate surface area is 112 Å². The van der Waals surface area contributed by atoms with Crippen molar-refractivity contribution in [3.63, 3.8) is 0 Å². The zero-order valence-corrected chi connectivity index (χ0v) is 10.5. The maximum Gasteiger partial charge on any atom is 0.311 e. The molecule has 2 unspecified atom stereocenters. The third-order valence-electron chi connectivity index (χ3n) is 2.83. The summed E-state index contributed by atoms with van der Waals surface area (Å²) >= 11 is 5.83. The fraction of sp³-hybridized carbons (Fsp3) is 0.273. The molecule has 2 atom stereocenters. The van der Waals surface area contributed by atoms with Crippen LogP contribution in [-0.2, 0) is 9.59 Å². The minimum Gasteiger partial charge on any atom is -0.490 e. The highest BCUT2D eigenvalue weighted by Crippen LogP contribution is 2.34. The maximum absolute atomic E-state index is 11.6. The molecule has 1 saturated heterocycles. The smallest absolute Gasteiger partial charge is 0.311 e. The fourth-order valence-electron chi connectivity index (χ4n) is 1.92. The van der Waals surface area contributed by atoms with E-state index in [9.17, 15) is 19.7 Å². The number of amides is 2. The van der Waals surface area contributed by atoms with Gasteiger partial charge in [0.25, 0.3) is 0 Å². The van der Waals surface area contributed by atoms with E-state index in [1.54, 1.807) is 0 Å². The van der Waals surface area contributed by atoms with E-state index < -0.39 is 28.0 Å². The van der Waals surface area contributed by atoms with Crippen LogP contribution in [-0.4, -0.2) is 29.2 Å². The van der Waals surface area contributed by atoms with Crippen LogP contribution in [0.4, 0.5) is 5.69 Å². The first-order valence-electron chi connectivity index (χ1n) is 5.26. The van der Waals surface area contributed by atoms with Gasteiger partial charge in [0.05, 0.1) is 18.0 Å². The average Bonchev–Trinajstić information content (AvgIpc) is 2.62. The van der Waals surface area contributed by atoms with E-state index >= 15 is 0 Å². The van der Waals surface area contributed by atoms with Crippen LogP contribution >= 0.6 is 11.6 Å². The lowest BCUT2D eigenvalue weighted by atomic mass is 9.96. The highest BCUT2D eigenvalue weighted by molar-refractivity contribution is 6.37.